The zero-order chi connectivity index (χ0) is 23.6. The van der Waals surface area contributed by atoms with E-state index in [4.69, 9.17) is 9.47 Å². The molecule has 0 aliphatic heterocycles. The molecule has 3 aromatic rings. The number of benzene rings is 3. The van der Waals surface area contributed by atoms with Crippen LogP contribution in [-0.2, 0) is 4.79 Å². The minimum Gasteiger partial charge on any atom is -0.493 e. The lowest BCUT2D eigenvalue weighted by molar-refractivity contribution is -0.117. The number of nitrogens with one attached hydrogen (secondary N) is 2. The standard InChI is InChI=1S/C27H27N3O3/c1-19(22-14-15-24(32-2)25(16-22)33-3)30-27(31)23(17-28)18-29-26(20-10-6-4-7-11-20)21-12-8-5-9-13-21/h4-16,18-19,26,29H,1-3H3,(H,30,31)/b23-18-. The first-order valence-corrected chi connectivity index (χ1v) is 10.6. The molecule has 6 nitrogen and oxygen atoms in total. The molecule has 0 spiro atoms. The Labute approximate surface area is 194 Å². The number of carbonyl (C=O) groups excluding carboxylic acids is 1. The Hall–Kier alpha value is -4.24. The van der Waals surface area contributed by atoms with Crippen molar-refractivity contribution in [2.45, 2.75) is 19.0 Å². The molecule has 6 heteroatoms. The lowest BCUT2D eigenvalue weighted by atomic mass is 9.99. The van der Waals surface area contributed by atoms with Gasteiger partial charge in [0.05, 0.1) is 26.3 Å². The van der Waals surface area contributed by atoms with Crippen LogP contribution in [0.2, 0.25) is 0 Å². The molecule has 0 saturated heterocycles. The van der Waals surface area contributed by atoms with Crippen LogP contribution < -0.4 is 20.1 Å². The minimum atomic E-state index is -0.466. The van der Waals surface area contributed by atoms with E-state index < -0.39 is 5.91 Å². The van der Waals surface area contributed by atoms with Gasteiger partial charge in [-0.3, -0.25) is 4.79 Å². The van der Waals surface area contributed by atoms with E-state index in [-0.39, 0.29) is 17.7 Å². The SMILES string of the molecule is COc1ccc(C(C)NC(=O)/C(C#N)=C\NC(c2ccccc2)c2ccccc2)cc1OC. The van der Waals surface area contributed by atoms with E-state index in [1.54, 1.807) is 26.4 Å². The monoisotopic (exact) mass is 441 g/mol. The average Bonchev–Trinajstić information content (AvgIpc) is 2.87. The molecular formula is C27H27N3O3. The lowest BCUT2D eigenvalue weighted by Gasteiger charge is -2.19. The first kappa shape index (κ1) is 23.4. The Balaban J connectivity index is 1.77. The molecule has 0 aromatic heterocycles. The lowest BCUT2D eigenvalue weighted by Crippen LogP contribution is -2.29. The highest BCUT2D eigenvalue weighted by Crippen LogP contribution is 2.30. The fourth-order valence-corrected chi connectivity index (χ4v) is 3.47. The van der Waals surface area contributed by atoms with Crippen molar-refractivity contribution in [2.75, 3.05) is 14.2 Å². The Bertz CT molecular complexity index is 1100. The molecule has 0 aliphatic rings. The third-order valence-electron chi connectivity index (χ3n) is 5.28. The van der Waals surface area contributed by atoms with Crippen LogP contribution in [-0.4, -0.2) is 20.1 Å². The third-order valence-corrected chi connectivity index (χ3v) is 5.28. The zero-order valence-electron chi connectivity index (χ0n) is 18.9. The number of hydrogen-bond donors (Lipinski definition) is 2. The van der Waals surface area contributed by atoms with Gasteiger partial charge in [0, 0.05) is 6.20 Å². The molecule has 0 heterocycles. The number of ether oxygens (including phenoxy) is 2. The summed E-state index contributed by atoms with van der Waals surface area (Å²) in [5.41, 5.74) is 2.87. The smallest absolute Gasteiger partial charge is 0.263 e. The van der Waals surface area contributed by atoms with Gasteiger partial charge in [-0.05, 0) is 35.7 Å². The second-order valence-electron chi connectivity index (χ2n) is 7.40. The fraction of sp³-hybridized carbons (Fsp3) is 0.185. The van der Waals surface area contributed by atoms with Crippen LogP contribution >= 0.6 is 0 Å². The largest absolute Gasteiger partial charge is 0.493 e. The van der Waals surface area contributed by atoms with Gasteiger partial charge in [0.25, 0.3) is 5.91 Å². The second-order valence-corrected chi connectivity index (χ2v) is 7.40. The predicted molar refractivity (Wildman–Crippen MR) is 128 cm³/mol. The van der Waals surface area contributed by atoms with Gasteiger partial charge >= 0.3 is 0 Å². The Morgan fingerprint density at radius 3 is 1.97 bits per heavy atom. The maximum absolute atomic E-state index is 12.8. The van der Waals surface area contributed by atoms with Gasteiger partial charge in [-0.25, -0.2) is 0 Å². The average molecular weight is 442 g/mol. The van der Waals surface area contributed by atoms with Gasteiger partial charge < -0.3 is 20.1 Å². The molecule has 3 rings (SSSR count). The minimum absolute atomic E-state index is 0.0146. The highest BCUT2D eigenvalue weighted by molar-refractivity contribution is 5.97. The first-order valence-electron chi connectivity index (χ1n) is 10.6. The molecule has 168 valence electrons. The molecule has 2 N–H and O–H groups in total. The molecule has 1 unspecified atom stereocenters. The fourth-order valence-electron chi connectivity index (χ4n) is 3.47. The maximum Gasteiger partial charge on any atom is 0.263 e. The molecule has 3 aromatic carbocycles. The van der Waals surface area contributed by atoms with E-state index in [0.717, 1.165) is 16.7 Å². The normalized spacial score (nSPS) is 11.9. The Morgan fingerprint density at radius 2 is 1.45 bits per heavy atom. The summed E-state index contributed by atoms with van der Waals surface area (Å²) in [4.78, 5) is 12.8. The molecule has 0 fully saturated rings. The van der Waals surface area contributed by atoms with Gasteiger partial charge in [-0.2, -0.15) is 5.26 Å². The summed E-state index contributed by atoms with van der Waals surface area (Å²) in [5.74, 6) is 0.712. The molecule has 0 bridgehead atoms. The van der Waals surface area contributed by atoms with E-state index in [1.165, 1.54) is 6.20 Å². The van der Waals surface area contributed by atoms with E-state index >= 15 is 0 Å². The van der Waals surface area contributed by atoms with Crippen LogP contribution in [0.25, 0.3) is 0 Å². The van der Waals surface area contributed by atoms with E-state index in [0.29, 0.717) is 11.5 Å². The van der Waals surface area contributed by atoms with Crippen LogP contribution in [0.5, 0.6) is 11.5 Å². The molecule has 0 saturated carbocycles. The first-order chi connectivity index (χ1) is 16.1. The van der Waals surface area contributed by atoms with E-state index in [9.17, 15) is 10.1 Å². The van der Waals surface area contributed by atoms with Crippen molar-refractivity contribution in [3.63, 3.8) is 0 Å². The molecule has 0 aliphatic carbocycles. The van der Waals surface area contributed by atoms with Crippen LogP contribution in [0.3, 0.4) is 0 Å². The number of rotatable bonds is 9. The summed E-state index contributed by atoms with van der Waals surface area (Å²) in [6.07, 6.45) is 1.47. The summed E-state index contributed by atoms with van der Waals surface area (Å²) >= 11 is 0. The summed E-state index contributed by atoms with van der Waals surface area (Å²) < 4.78 is 10.6. The molecule has 1 atom stereocenters. The molecular weight excluding hydrogens is 414 g/mol. The number of nitriles is 1. The van der Waals surface area contributed by atoms with Crippen molar-refractivity contribution in [1.29, 1.82) is 5.26 Å². The van der Waals surface area contributed by atoms with Crippen LogP contribution in [0.1, 0.15) is 35.7 Å². The topological polar surface area (TPSA) is 83.4 Å². The summed E-state index contributed by atoms with van der Waals surface area (Å²) in [5, 5.41) is 15.8. The van der Waals surface area contributed by atoms with Crippen molar-refractivity contribution in [2.24, 2.45) is 0 Å². The van der Waals surface area contributed by atoms with Crippen molar-refractivity contribution in [3.05, 3.63) is 107 Å². The number of hydrogen-bond acceptors (Lipinski definition) is 5. The van der Waals surface area contributed by atoms with Crippen LogP contribution in [0.4, 0.5) is 0 Å². The van der Waals surface area contributed by atoms with Crippen molar-refractivity contribution in [1.82, 2.24) is 10.6 Å². The van der Waals surface area contributed by atoms with Gasteiger partial charge in [0.1, 0.15) is 11.6 Å². The van der Waals surface area contributed by atoms with Crippen molar-refractivity contribution >= 4 is 5.91 Å². The van der Waals surface area contributed by atoms with E-state index in [2.05, 4.69) is 10.6 Å². The van der Waals surface area contributed by atoms with Crippen molar-refractivity contribution < 1.29 is 14.3 Å². The van der Waals surface area contributed by atoms with Gasteiger partial charge in [0.15, 0.2) is 11.5 Å². The highest BCUT2D eigenvalue weighted by atomic mass is 16.5. The Kier molecular flexibility index (Phi) is 8.09. The number of methoxy groups -OCH3 is 2. The summed E-state index contributed by atoms with van der Waals surface area (Å²) in [6.45, 7) is 1.85. The molecule has 1 amide bonds. The van der Waals surface area contributed by atoms with Gasteiger partial charge in [-0.15, -0.1) is 0 Å². The van der Waals surface area contributed by atoms with Gasteiger partial charge in [-0.1, -0.05) is 66.7 Å². The number of amides is 1. The number of nitrogens with zero attached hydrogens (tertiary/aromatic N) is 1. The summed E-state index contributed by atoms with van der Waals surface area (Å²) in [7, 11) is 3.13. The van der Waals surface area contributed by atoms with Crippen LogP contribution in [0, 0.1) is 11.3 Å². The Morgan fingerprint density at radius 1 is 0.879 bits per heavy atom. The van der Waals surface area contributed by atoms with E-state index in [1.807, 2.05) is 79.7 Å². The summed E-state index contributed by atoms with van der Waals surface area (Å²) in [6, 6.07) is 26.6. The second kappa shape index (κ2) is 11.4. The highest BCUT2D eigenvalue weighted by Gasteiger charge is 2.17. The third kappa shape index (κ3) is 5.92. The maximum atomic E-state index is 12.8. The zero-order valence-corrected chi connectivity index (χ0v) is 18.9. The van der Waals surface area contributed by atoms with Crippen molar-refractivity contribution in [3.8, 4) is 17.6 Å². The molecule has 0 radical (unpaired) electrons. The molecule has 33 heavy (non-hydrogen) atoms. The van der Waals surface area contributed by atoms with Crippen LogP contribution in [0.15, 0.2) is 90.6 Å². The predicted octanol–water partition coefficient (Wildman–Crippen LogP) is 4.67. The van der Waals surface area contributed by atoms with Gasteiger partial charge in [0.2, 0.25) is 0 Å². The quantitative estimate of drug-likeness (QED) is 0.373. The number of carbonyl (C=O) groups is 1.